The molecule has 8 nitrogen and oxygen atoms in total. The van der Waals surface area contributed by atoms with Gasteiger partial charge in [0.2, 0.25) is 0 Å². The zero-order valence-electron chi connectivity index (χ0n) is 15.5. The first-order valence-corrected chi connectivity index (χ1v) is 11.1. The van der Waals surface area contributed by atoms with Gasteiger partial charge in [-0.3, -0.25) is 9.13 Å². The third kappa shape index (κ3) is 8.76. The van der Waals surface area contributed by atoms with E-state index in [1.54, 1.807) is 52.0 Å². The minimum Gasteiger partial charge on any atom is -0.320 e. The molecule has 0 saturated heterocycles. The second-order valence-electron chi connectivity index (χ2n) is 5.15. The van der Waals surface area contributed by atoms with Crippen LogP contribution in [0.3, 0.4) is 0 Å². The molecule has 27 heavy (non-hydrogen) atoms. The van der Waals surface area contributed by atoms with E-state index in [9.17, 15) is 18.9 Å². The average Bonchev–Trinajstić information content (AvgIpc) is 2.55. The first-order valence-electron chi connectivity index (χ1n) is 7.95. The zero-order valence-corrected chi connectivity index (χ0v) is 18.3. The van der Waals surface area contributed by atoms with Gasteiger partial charge in [-0.05, 0) is 52.0 Å². The fourth-order valence-electron chi connectivity index (χ4n) is 1.85. The zero-order chi connectivity index (χ0) is 19.8. The molecule has 2 atom stereocenters. The number of aromatic nitrogens is 2. The van der Waals surface area contributed by atoms with Gasteiger partial charge in [-0.2, -0.15) is 0 Å². The molecule has 0 aliphatic heterocycles. The quantitative estimate of drug-likeness (QED) is 0.498. The van der Waals surface area contributed by atoms with Crippen molar-refractivity contribution in [1.82, 2.24) is 9.97 Å². The molecule has 2 rings (SSSR count). The number of hydrogen-bond donors (Lipinski definition) is 2. The largest absolute Gasteiger partial charge is 0.376 e. The van der Waals surface area contributed by atoms with Gasteiger partial charge in [0.05, 0.1) is 13.2 Å². The molecule has 2 N–H and O–H groups in total. The Morgan fingerprint density at radius 2 is 1.15 bits per heavy atom. The fourth-order valence-corrected chi connectivity index (χ4v) is 3.94. The maximum absolute atomic E-state index is 11.4. The van der Waals surface area contributed by atoms with Gasteiger partial charge < -0.3 is 18.8 Å². The third-order valence-electron chi connectivity index (χ3n) is 2.93. The summed E-state index contributed by atoms with van der Waals surface area (Å²) in [7, 11) is -7.37. The van der Waals surface area contributed by atoms with Gasteiger partial charge in [0.15, 0.2) is 10.9 Å². The van der Waals surface area contributed by atoms with E-state index < -0.39 is 15.2 Å². The Morgan fingerprint density at radius 3 is 1.41 bits per heavy atom. The van der Waals surface area contributed by atoms with Crippen LogP contribution >= 0.6 is 15.2 Å². The number of pyridine rings is 2. The molecule has 2 heterocycles. The second-order valence-corrected chi connectivity index (χ2v) is 8.67. The molecule has 0 radical (unpaired) electrons. The summed E-state index contributed by atoms with van der Waals surface area (Å²) < 4.78 is 32.3. The van der Waals surface area contributed by atoms with Crippen molar-refractivity contribution in [2.45, 2.75) is 27.7 Å². The summed E-state index contributed by atoms with van der Waals surface area (Å²) in [6, 6.07) is 9.86. The molecule has 0 spiro atoms. The summed E-state index contributed by atoms with van der Waals surface area (Å²) >= 11 is 0. The van der Waals surface area contributed by atoms with Crippen LogP contribution in [0, 0.1) is 13.8 Å². The van der Waals surface area contributed by atoms with E-state index in [-0.39, 0.29) is 40.6 Å². The molecular weight excluding hydrogens is 437 g/mol. The predicted molar refractivity (Wildman–Crippen MR) is 100 cm³/mol. The molecule has 0 aromatic carbocycles. The molecule has 0 amide bonds. The molecule has 154 valence electrons. The van der Waals surface area contributed by atoms with E-state index in [1.165, 1.54) is 12.1 Å². The van der Waals surface area contributed by atoms with Gasteiger partial charge in [-0.15, -0.1) is 0 Å². The predicted octanol–water partition coefficient (Wildman–Crippen LogP) is 2.47. The van der Waals surface area contributed by atoms with Crippen LogP contribution in [-0.4, -0.2) is 33.0 Å². The van der Waals surface area contributed by atoms with Crippen LogP contribution < -0.4 is 10.9 Å². The van der Waals surface area contributed by atoms with Crippen molar-refractivity contribution in [3.05, 3.63) is 47.8 Å². The summed E-state index contributed by atoms with van der Waals surface area (Å²) in [5, 5.41) is 0. The Hall–Kier alpha value is -0.906. The van der Waals surface area contributed by atoms with Crippen LogP contribution in [0.4, 0.5) is 0 Å². The van der Waals surface area contributed by atoms with Gasteiger partial charge in [-0.1, -0.05) is 12.1 Å². The topological polar surface area (TPSA) is 119 Å². The summed E-state index contributed by atoms with van der Waals surface area (Å²) in [5.74, 6) is 0. The Bertz CT molecular complexity index is 754. The average molecular weight is 461 g/mol. The normalized spacial score (nSPS) is 14.7. The van der Waals surface area contributed by atoms with Crippen molar-refractivity contribution in [3.8, 4) is 0 Å². The molecule has 0 fully saturated rings. The first kappa shape index (κ1) is 26.1. The molecule has 2 aromatic rings. The Kier molecular flexibility index (Phi) is 11.4. The van der Waals surface area contributed by atoms with Crippen molar-refractivity contribution < 1.29 is 44.5 Å². The smallest absolute Gasteiger partial charge is 0.320 e. The standard InChI is InChI=1S/2C8H12NO3P.Ni/c2*1-3-12-13(10,11)8-6-4-5-7(2)9-8;/h2*4-6H,3H2,1-2H3,(H,10,11);. The number of nitrogens with zero attached hydrogens (tertiary/aromatic N) is 2. The van der Waals surface area contributed by atoms with Crippen molar-refractivity contribution in [3.63, 3.8) is 0 Å². The summed E-state index contributed by atoms with van der Waals surface area (Å²) in [6.45, 7) is 7.25. The van der Waals surface area contributed by atoms with Crippen LogP contribution in [0.15, 0.2) is 36.4 Å². The monoisotopic (exact) mass is 460 g/mol. The van der Waals surface area contributed by atoms with E-state index in [0.29, 0.717) is 11.4 Å². The number of rotatable bonds is 6. The van der Waals surface area contributed by atoms with Gasteiger partial charge in [0.1, 0.15) is 0 Å². The molecule has 11 heteroatoms. The van der Waals surface area contributed by atoms with Gasteiger partial charge in [-0.25, -0.2) is 9.97 Å². The summed E-state index contributed by atoms with van der Waals surface area (Å²) in [5.41, 5.74) is 1.61. The SMILES string of the molecule is CCOP(=O)(O)c1cccc(C)n1.CCOP(=O)(O)c1cccc(C)n1.[Ni]. The second kappa shape index (κ2) is 11.8. The molecule has 2 aromatic heterocycles. The molecule has 0 saturated carbocycles. The van der Waals surface area contributed by atoms with Crippen LogP contribution in [-0.2, 0) is 34.7 Å². The van der Waals surface area contributed by atoms with Crippen LogP contribution in [0.25, 0.3) is 0 Å². The van der Waals surface area contributed by atoms with E-state index in [1.807, 2.05) is 0 Å². The van der Waals surface area contributed by atoms with Crippen molar-refractivity contribution in [1.29, 1.82) is 0 Å². The Morgan fingerprint density at radius 1 is 0.815 bits per heavy atom. The third-order valence-corrected chi connectivity index (χ3v) is 5.81. The minimum atomic E-state index is -3.68. The molecule has 2 unspecified atom stereocenters. The summed E-state index contributed by atoms with van der Waals surface area (Å²) in [4.78, 5) is 26.6. The Balaban J connectivity index is 0.000000483. The maximum atomic E-state index is 11.4. The maximum Gasteiger partial charge on any atom is 0.376 e. The van der Waals surface area contributed by atoms with Crippen LogP contribution in [0.2, 0.25) is 0 Å². The molecular formula is C16H24N2NiO6P2. The van der Waals surface area contributed by atoms with Crippen molar-refractivity contribution in [2.24, 2.45) is 0 Å². The number of hydrogen-bond acceptors (Lipinski definition) is 6. The van der Waals surface area contributed by atoms with E-state index >= 15 is 0 Å². The van der Waals surface area contributed by atoms with Crippen molar-refractivity contribution in [2.75, 3.05) is 13.2 Å². The van der Waals surface area contributed by atoms with Crippen LogP contribution in [0.5, 0.6) is 0 Å². The van der Waals surface area contributed by atoms with Gasteiger partial charge >= 0.3 is 15.2 Å². The molecule has 0 aliphatic rings. The number of aryl methyl sites for hydroxylation is 2. The first-order chi connectivity index (χ1) is 12.1. The van der Waals surface area contributed by atoms with E-state index in [2.05, 4.69) is 9.97 Å². The van der Waals surface area contributed by atoms with Gasteiger partial charge in [0.25, 0.3) is 0 Å². The van der Waals surface area contributed by atoms with Gasteiger partial charge in [0, 0.05) is 27.9 Å². The van der Waals surface area contributed by atoms with Crippen molar-refractivity contribution >= 4 is 26.1 Å². The fraction of sp³-hybridized carbons (Fsp3) is 0.375. The minimum absolute atomic E-state index is 0. The van der Waals surface area contributed by atoms with E-state index in [0.717, 1.165) is 0 Å². The Labute approximate surface area is 169 Å². The summed E-state index contributed by atoms with van der Waals surface area (Å²) in [6.07, 6.45) is 0. The van der Waals surface area contributed by atoms with Crippen LogP contribution in [0.1, 0.15) is 25.2 Å². The molecule has 0 aliphatic carbocycles. The van der Waals surface area contributed by atoms with E-state index in [4.69, 9.17) is 9.05 Å². The molecule has 0 bridgehead atoms.